The molecule has 2 rings (SSSR count). The van der Waals surface area contributed by atoms with Crippen molar-refractivity contribution < 1.29 is 13.2 Å². The predicted octanol–water partition coefficient (Wildman–Crippen LogP) is 1.94. The zero-order chi connectivity index (χ0) is 16.9. The van der Waals surface area contributed by atoms with E-state index in [2.05, 4.69) is 17.2 Å². The minimum Gasteiger partial charge on any atom is -0.370 e. The summed E-state index contributed by atoms with van der Waals surface area (Å²) in [6.07, 6.45) is 5.50. The van der Waals surface area contributed by atoms with Gasteiger partial charge < -0.3 is 10.2 Å². The number of amides is 1. The summed E-state index contributed by atoms with van der Waals surface area (Å²) in [7, 11) is -1.33. The normalized spacial score (nSPS) is 19.5. The summed E-state index contributed by atoms with van der Waals surface area (Å²) in [5.74, 6) is 0.740. The maximum Gasteiger partial charge on any atom is 0.254 e. The number of carbonyl (C=O) groups is 1. The molecule has 1 aliphatic heterocycles. The first-order valence-electron chi connectivity index (χ1n) is 8.10. The summed E-state index contributed by atoms with van der Waals surface area (Å²) in [6.45, 7) is 2.98. The van der Waals surface area contributed by atoms with Gasteiger partial charge in [0.1, 0.15) is 5.82 Å². The molecule has 1 atom stereocenters. The van der Waals surface area contributed by atoms with Gasteiger partial charge in [-0.3, -0.25) is 4.79 Å². The Kier molecular flexibility index (Phi) is 5.98. The van der Waals surface area contributed by atoms with Crippen LogP contribution in [0.4, 0.5) is 5.82 Å². The maximum absolute atomic E-state index is 12.5. The van der Waals surface area contributed by atoms with Gasteiger partial charge in [0, 0.05) is 31.4 Å². The third-order valence-electron chi connectivity index (χ3n) is 4.17. The van der Waals surface area contributed by atoms with Gasteiger partial charge >= 0.3 is 0 Å². The highest BCUT2D eigenvalue weighted by Gasteiger charge is 2.33. The number of nitrogens with zero attached hydrogens (tertiary/aromatic N) is 2. The molecule has 23 heavy (non-hydrogen) atoms. The number of carbonyl (C=O) groups excluding carboxylic acids is 1. The van der Waals surface area contributed by atoms with E-state index >= 15 is 0 Å². The molecule has 0 aliphatic carbocycles. The van der Waals surface area contributed by atoms with E-state index < -0.39 is 9.84 Å². The molecule has 0 radical (unpaired) electrons. The van der Waals surface area contributed by atoms with E-state index in [1.165, 1.54) is 0 Å². The first-order valence-corrected chi connectivity index (χ1v) is 9.92. The smallest absolute Gasteiger partial charge is 0.254 e. The molecule has 1 aliphatic rings. The zero-order valence-electron chi connectivity index (χ0n) is 13.8. The lowest BCUT2D eigenvalue weighted by molar-refractivity contribution is 0.0747. The van der Waals surface area contributed by atoms with Crippen molar-refractivity contribution in [3.05, 3.63) is 23.9 Å². The fourth-order valence-corrected chi connectivity index (χ4v) is 4.48. The summed E-state index contributed by atoms with van der Waals surface area (Å²) in [5.41, 5.74) is 0.532. The van der Waals surface area contributed by atoms with E-state index in [0.29, 0.717) is 17.8 Å². The molecule has 0 spiro atoms. The molecule has 0 aromatic carbocycles. The van der Waals surface area contributed by atoms with Crippen molar-refractivity contribution in [3.8, 4) is 0 Å². The first kappa shape index (κ1) is 17.7. The van der Waals surface area contributed by atoms with Crippen LogP contribution in [0.15, 0.2) is 18.3 Å². The van der Waals surface area contributed by atoms with E-state index in [-0.39, 0.29) is 23.5 Å². The van der Waals surface area contributed by atoms with E-state index in [0.717, 1.165) is 25.8 Å². The third kappa shape index (κ3) is 4.92. The van der Waals surface area contributed by atoms with Gasteiger partial charge in [-0.2, -0.15) is 0 Å². The summed E-state index contributed by atoms with van der Waals surface area (Å²) >= 11 is 0. The van der Waals surface area contributed by atoms with Gasteiger partial charge in [-0.1, -0.05) is 19.8 Å². The van der Waals surface area contributed by atoms with Gasteiger partial charge in [0.2, 0.25) is 0 Å². The van der Waals surface area contributed by atoms with Gasteiger partial charge in [-0.15, -0.1) is 0 Å². The average Bonchev–Trinajstić information content (AvgIpc) is 2.90. The Balaban J connectivity index is 1.99. The van der Waals surface area contributed by atoms with E-state index in [4.69, 9.17) is 0 Å². The lowest BCUT2D eigenvalue weighted by Crippen LogP contribution is -2.37. The first-order chi connectivity index (χ1) is 10.9. The van der Waals surface area contributed by atoms with Crippen molar-refractivity contribution >= 4 is 21.6 Å². The van der Waals surface area contributed by atoms with E-state index in [1.807, 2.05) is 0 Å². The number of aromatic nitrogens is 1. The van der Waals surface area contributed by atoms with Gasteiger partial charge in [0.05, 0.1) is 11.5 Å². The summed E-state index contributed by atoms with van der Waals surface area (Å²) in [5, 5.41) is 3.22. The molecule has 1 aromatic heterocycles. The second kappa shape index (κ2) is 7.77. The molecule has 7 heteroatoms. The van der Waals surface area contributed by atoms with E-state index in [9.17, 15) is 13.2 Å². The van der Waals surface area contributed by atoms with Crippen LogP contribution in [0.5, 0.6) is 0 Å². The van der Waals surface area contributed by atoms with Crippen LogP contribution in [0.2, 0.25) is 0 Å². The highest BCUT2D eigenvalue weighted by atomic mass is 32.2. The Morgan fingerprint density at radius 3 is 2.87 bits per heavy atom. The van der Waals surface area contributed by atoms with Crippen molar-refractivity contribution in [3.63, 3.8) is 0 Å². The van der Waals surface area contributed by atoms with Crippen molar-refractivity contribution in [1.82, 2.24) is 9.88 Å². The molecule has 1 N–H and O–H groups in total. The minimum atomic E-state index is -3.00. The van der Waals surface area contributed by atoms with Crippen LogP contribution in [-0.2, 0) is 9.84 Å². The SMILES string of the molecule is CCCCCNc1cc(C(=O)N(C)C2CCS(=O)(=O)C2)ccn1. The highest BCUT2D eigenvalue weighted by molar-refractivity contribution is 7.91. The molecule has 1 fully saturated rings. The van der Waals surface area contributed by atoms with Gasteiger partial charge in [0.25, 0.3) is 5.91 Å². The number of anilines is 1. The molecule has 128 valence electrons. The van der Waals surface area contributed by atoms with Crippen LogP contribution in [0.25, 0.3) is 0 Å². The molecule has 0 saturated carbocycles. The summed E-state index contributed by atoms with van der Waals surface area (Å²) in [6, 6.07) is 3.16. The minimum absolute atomic E-state index is 0.0580. The quantitative estimate of drug-likeness (QED) is 0.768. The second-order valence-corrected chi connectivity index (χ2v) is 8.27. The number of rotatable bonds is 7. The lowest BCUT2D eigenvalue weighted by Gasteiger charge is -2.23. The molecule has 1 unspecified atom stereocenters. The Labute approximate surface area is 138 Å². The molecule has 6 nitrogen and oxygen atoms in total. The van der Waals surface area contributed by atoms with Gasteiger partial charge in [0.15, 0.2) is 9.84 Å². The zero-order valence-corrected chi connectivity index (χ0v) is 14.6. The molecule has 0 bridgehead atoms. The highest BCUT2D eigenvalue weighted by Crippen LogP contribution is 2.19. The van der Waals surface area contributed by atoms with E-state index in [1.54, 1.807) is 30.3 Å². The second-order valence-electron chi connectivity index (χ2n) is 6.04. The monoisotopic (exact) mass is 339 g/mol. The van der Waals surface area contributed by atoms with Crippen molar-refractivity contribution in [1.29, 1.82) is 0 Å². The molecule has 1 aromatic rings. The van der Waals surface area contributed by atoms with Crippen LogP contribution < -0.4 is 5.32 Å². The number of sulfone groups is 1. The fraction of sp³-hybridized carbons (Fsp3) is 0.625. The number of unbranched alkanes of at least 4 members (excludes halogenated alkanes) is 2. The van der Waals surface area contributed by atoms with Crippen molar-refractivity contribution in [2.24, 2.45) is 0 Å². The van der Waals surface area contributed by atoms with Crippen molar-refractivity contribution in [2.75, 3.05) is 30.4 Å². The van der Waals surface area contributed by atoms with Crippen LogP contribution in [0.3, 0.4) is 0 Å². The molecule has 1 amide bonds. The molecule has 2 heterocycles. The molecular formula is C16H25N3O3S. The van der Waals surface area contributed by atoms with Crippen LogP contribution in [0.1, 0.15) is 43.0 Å². The van der Waals surface area contributed by atoms with Crippen LogP contribution >= 0.6 is 0 Å². The number of hydrogen-bond donors (Lipinski definition) is 1. The number of pyridine rings is 1. The summed E-state index contributed by atoms with van der Waals surface area (Å²) < 4.78 is 23.1. The Morgan fingerprint density at radius 2 is 2.22 bits per heavy atom. The Hall–Kier alpha value is -1.63. The Morgan fingerprint density at radius 1 is 1.43 bits per heavy atom. The lowest BCUT2D eigenvalue weighted by atomic mass is 10.1. The third-order valence-corrected chi connectivity index (χ3v) is 5.92. The summed E-state index contributed by atoms with van der Waals surface area (Å²) in [4.78, 5) is 18.3. The number of hydrogen-bond acceptors (Lipinski definition) is 5. The standard InChI is InChI=1S/C16H25N3O3S/c1-3-4-5-8-17-15-11-13(6-9-18-15)16(20)19(2)14-7-10-23(21,22)12-14/h6,9,11,14H,3-5,7-8,10,12H2,1-2H3,(H,17,18). The Bertz CT molecular complexity index is 646. The maximum atomic E-state index is 12.5. The van der Waals surface area contributed by atoms with Crippen LogP contribution in [0, 0.1) is 0 Å². The predicted molar refractivity (Wildman–Crippen MR) is 91.4 cm³/mol. The fourth-order valence-electron chi connectivity index (χ4n) is 2.70. The molecular weight excluding hydrogens is 314 g/mol. The van der Waals surface area contributed by atoms with Crippen LogP contribution in [-0.4, -0.2) is 55.3 Å². The topological polar surface area (TPSA) is 79.4 Å². The largest absolute Gasteiger partial charge is 0.370 e. The van der Waals surface area contributed by atoms with Gasteiger partial charge in [-0.05, 0) is 25.0 Å². The molecule has 1 saturated heterocycles. The van der Waals surface area contributed by atoms with Crippen molar-refractivity contribution in [2.45, 2.75) is 38.6 Å². The number of nitrogens with one attached hydrogen (secondary N) is 1. The average molecular weight is 339 g/mol. The van der Waals surface area contributed by atoms with Gasteiger partial charge in [-0.25, -0.2) is 13.4 Å².